The third-order valence-corrected chi connectivity index (χ3v) is 1.90. The normalized spacial score (nSPS) is 23.5. The Morgan fingerprint density at radius 3 is 1.92 bits per heavy atom. The van der Waals surface area contributed by atoms with Crippen LogP contribution >= 0.6 is 0 Å². The first-order valence-corrected chi connectivity index (χ1v) is 4.60. The standard InChI is InChI=1S/C7H13F2N.C2H6/c1-3-10-6(2)4-7(8,9)5-6;1-2/h10H,3-5H2,1-2H3;1-2H3. The monoisotopic (exact) mass is 179 g/mol. The average Bonchev–Trinajstić information content (AvgIpc) is 1.87. The maximum absolute atomic E-state index is 12.3. The molecule has 1 saturated carbocycles. The van der Waals surface area contributed by atoms with Crippen molar-refractivity contribution in [2.45, 2.75) is 52.0 Å². The Bertz CT molecular complexity index is 126. The minimum atomic E-state index is -2.41. The van der Waals surface area contributed by atoms with Gasteiger partial charge in [-0.25, -0.2) is 8.78 Å². The van der Waals surface area contributed by atoms with E-state index in [1.165, 1.54) is 0 Å². The molecule has 0 saturated heterocycles. The predicted molar refractivity (Wildman–Crippen MR) is 47.6 cm³/mol. The summed E-state index contributed by atoms with van der Waals surface area (Å²) in [5.74, 6) is -2.41. The molecule has 0 amide bonds. The predicted octanol–water partition coefficient (Wildman–Crippen LogP) is 2.81. The zero-order chi connectivity index (χ0) is 9.83. The smallest absolute Gasteiger partial charge is 0.251 e. The van der Waals surface area contributed by atoms with Crippen LogP contribution in [0, 0.1) is 0 Å². The van der Waals surface area contributed by atoms with Gasteiger partial charge in [-0.3, -0.25) is 0 Å². The van der Waals surface area contributed by atoms with Crippen LogP contribution in [-0.2, 0) is 0 Å². The Kier molecular flexibility index (Phi) is 4.11. The molecule has 0 heterocycles. The minimum Gasteiger partial charge on any atom is -0.311 e. The summed E-state index contributed by atoms with van der Waals surface area (Å²) in [5.41, 5.74) is -0.293. The lowest BCUT2D eigenvalue weighted by molar-refractivity contribution is -0.127. The van der Waals surface area contributed by atoms with Crippen LogP contribution in [-0.4, -0.2) is 18.0 Å². The molecule has 1 N–H and O–H groups in total. The van der Waals surface area contributed by atoms with E-state index in [0.29, 0.717) is 0 Å². The van der Waals surface area contributed by atoms with Gasteiger partial charge in [-0.2, -0.15) is 0 Å². The summed E-state index contributed by atoms with van der Waals surface area (Å²) in [6, 6.07) is 0. The third kappa shape index (κ3) is 3.05. The second-order valence-corrected chi connectivity index (χ2v) is 3.30. The number of nitrogens with one attached hydrogen (secondary N) is 1. The van der Waals surface area contributed by atoms with Gasteiger partial charge in [0.1, 0.15) is 0 Å². The molecule has 12 heavy (non-hydrogen) atoms. The van der Waals surface area contributed by atoms with Gasteiger partial charge in [0.25, 0.3) is 5.92 Å². The molecule has 0 bridgehead atoms. The van der Waals surface area contributed by atoms with Crippen LogP contribution in [0.4, 0.5) is 8.78 Å². The third-order valence-electron chi connectivity index (χ3n) is 1.90. The zero-order valence-corrected chi connectivity index (χ0v) is 8.38. The van der Waals surface area contributed by atoms with Gasteiger partial charge in [0.2, 0.25) is 0 Å². The van der Waals surface area contributed by atoms with Crippen LogP contribution in [0.2, 0.25) is 0 Å². The summed E-state index contributed by atoms with van der Waals surface area (Å²) in [4.78, 5) is 0. The molecule has 1 aliphatic carbocycles. The molecule has 1 aliphatic rings. The summed E-state index contributed by atoms with van der Waals surface area (Å²) >= 11 is 0. The summed E-state index contributed by atoms with van der Waals surface area (Å²) in [7, 11) is 0. The maximum atomic E-state index is 12.3. The van der Waals surface area contributed by atoms with E-state index in [-0.39, 0.29) is 18.4 Å². The lowest BCUT2D eigenvalue weighted by Crippen LogP contribution is -2.58. The van der Waals surface area contributed by atoms with E-state index in [2.05, 4.69) is 5.32 Å². The largest absolute Gasteiger partial charge is 0.311 e. The number of alkyl halides is 2. The van der Waals surface area contributed by atoms with Gasteiger partial charge in [0.05, 0.1) is 0 Å². The molecule has 3 heteroatoms. The van der Waals surface area contributed by atoms with Crippen molar-refractivity contribution in [2.24, 2.45) is 0 Å². The lowest BCUT2D eigenvalue weighted by Gasteiger charge is -2.45. The molecule has 0 aliphatic heterocycles. The van der Waals surface area contributed by atoms with Crippen molar-refractivity contribution in [2.75, 3.05) is 6.54 Å². The van der Waals surface area contributed by atoms with Crippen molar-refractivity contribution in [3.63, 3.8) is 0 Å². The minimum absolute atomic E-state index is 0.00611. The van der Waals surface area contributed by atoms with Crippen LogP contribution in [0.25, 0.3) is 0 Å². The van der Waals surface area contributed by atoms with E-state index >= 15 is 0 Å². The molecule has 0 unspecified atom stereocenters. The summed E-state index contributed by atoms with van der Waals surface area (Å²) in [6.07, 6.45) is -0.0122. The van der Waals surface area contributed by atoms with Crippen molar-refractivity contribution < 1.29 is 8.78 Å². The molecule has 0 aromatic heterocycles. The second kappa shape index (κ2) is 4.17. The van der Waals surface area contributed by atoms with Gasteiger partial charge in [-0.05, 0) is 13.5 Å². The lowest BCUT2D eigenvalue weighted by atomic mass is 9.75. The van der Waals surface area contributed by atoms with E-state index in [9.17, 15) is 8.78 Å². The molecule has 1 fully saturated rings. The van der Waals surface area contributed by atoms with E-state index in [0.717, 1.165) is 6.54 Å². The van der Waals surface area contributed by atoms with Crippen molar-refractivity contribution in [3.8, 4) is 0 Å². The van der Waals surface area contributed by atoms with Crippen LogP contribution in [0.5, 0.6) is 0 Å². The van der Waals surface area contributed by atoms with Crippen molar-refractivity contribution >= 4 is 0 Å². The molecular formula is C9H19F2N. The Hall–Kier alpha value is -0.180. The van der Waals surface area contributed by atoms with Crippen molar-refractivity contribution in [1.82, 2.24) is 5.32 Å². The Morgan fingerprint density at radius 2 is 1.67 bits per heavy atom. The van der Waals surface area contributed by atoms with E-state index in [1.54, 1.807) is 0 Å². The number of rotatable bonds is 2. The zero-order valence-electron chi connectivity index (χ0n) is 8.38. The van der Waals surface area contributed by atoms with Crippen molar-refractivity contribution in [3.05, 3.63) is 0 Å². The molecule has 0 aromatic carbocycles. The summed E-state index contributed by atoms with van der Waals surface area (Å²) < 4.78 is 24.6. The highest BCUT2D eigenvalue weighted by Crippen LogP contribution is 2.44. The van der Waals surface area contributed by atoms with Gasteiger partial charge in [0.15, 0.2) is 0 Å². The summed E-state index contributed by atoms with van der Waals surface area (Å²) in [5, 5.41) is 3.03. The van der Waals surface area contributed by atoms with Crippen LogP contribution in [0.15, 0.2) is 0 Å². The van der Waals surface area contributed by atoms with Crippen molar-refractivity contribution in [1.29, 1.82) is 0 Å². The maximum Gasteiger partial charge on any atom is 0.251 e. The number of halogens is 2. The molecule has 1 nitrogen and oxygen atoms in total. The van der Waals surface area contributed by atoms with Gasteiger partial charge >= 0.3 is 0 Å². The molecule has 0 atom stereocenters. The topological polar surface area (TPSA) is 12.0 Å². The van der Waals surface area contributed by atoms with Gasteiger partial charge in [-0.1, -0.05) is 20.8 Å². The van der Waals surface area contributed by atoms with Gasteiger partial charge in [-0.15, -0.1) is 0 Å². The fourth-order valence-corrected chi connectivity index (χ4v) is 1.64. The fourth-order valence-electron chi connectivity index (χ4n) is 1.64. The van der Waals surface area contributed by atoms with E-state index < -0.39 is 5.92 Å². The second-order valence-electron chi connectivity index (χ2n) is 3.30. The molecule has 74 valence electrons. The Morgan fingerprint density at radius 1 is 1.25 bits per heavy atom. The number of hydrogen-bond acceptors (Lipinski definition) is 1. The Balaban J connectivity index is 0.000000561. The Labute approximate surface area is 73.5 Å². The van der Waals surface area contributed by atoms with Gasteiger partial charge < -0.3 is 5.32 Å². The highest BCUT2D eigenvalue weighted by atomic mass is 19.3. The summed E-state index contributed by atoms with van der Waals surface area (Å²) in [6.45, 7) is 8.54. The molecule has 1 rings (SSSR count). The van der Waals surface area contributed by atoms with E-state index in [4.69, 9.17) is 0 Å². The van der Waals surface area contributed by atoms with Crippen LogP contribution in [0.1, 0.15) is 40.5 Å². The van der Waals surface area contributed by atoms with Crippen LogP contribution in [0.3, 0.4) is 0 Å². The SMILES string of the molecule is CC.CCNC1(C)CC(F)(F)C1. The molecule has 0 radical (unpaired) electrons. The molecule has 0 aromatic rings. The highest BCUT2D eigenvalue weighted by molar-refractivity contribution is 5.02. The van der Waals surface area contributed by atoms with Crippen LogP contribution < -0.4 is 5.32 Å². The quantitative estimate of drug-likeness (QED) is 0.687. The fraction of sp³-hybridized carbons (Fsp3) is 1.00. The molecular weight excluding hydrogens is 160 g/mol. The first kappa shape index (κ1) is 11.8. The first-order valence-electron chi connectivity index (χ1n) is 4.60. The average molecular weight is 179 g/mol. The van der Waals surface area contributed by atoms with Gasteiger partial charge in [0, 0.05) is 18.4 Å². The highest BCUT2D eigenvalue weighted by Gasteiger charge is 2.52. The molecule has 0 spiro atoms. The van der Waals surface area contributed by atoms with E-state index in [1.807, 2.05) is 27.7 Å². The number of hydrogen-bond donors (Lipinski definition) is 1. The first-order chi connectivity index (χ1) is 5.47.